The second kappa shape index (κ2) is 3.93. The van der Waals surface area contributed by atoms with Crippen LogP contribution >= 0.6 is 0 Å². The van der Waals surface area contributed by atoms with Gasteiger partial charge in [-0.2, -0.15) is 0 Å². The van der Waals surface area contributed by atoms with Crippen LogP contribution in [0.5, 0.6) is 0 Å². The van der Waals surface area contributed by atoms with E-state index in [-0.39, 0.29) is 0 Å². The quantitative estimate of drug-likeness (QED) is 0.606. The average Bonchev–Trinajstić information content (AvgIpc) is 1.93. The number of hydrogen-bond donors (Lipinski definition) is 1. The third-order valence-corrected chi connectivity index (χ3v) is 1.80. The van der Waals surface area contributed by atoms with Crippen molar-refractivity contribution in [2.75, 3.05) is 6.61 Å². The van der Waals surface area contributed by atoms with E-state index in [1.807, 2.05) is 6.08 Å². The normalized spacial score (nSPS) is 24.7. The van der Waals surface area contributed by atoms with Crippen molar-refractivity contribution in [3.63, 3.8) is 0 Å². The Hall–Kier alpha value is -0.275. The van der Waals surface area contributed by atoms with Gasteiger partial charge < -0.3 is 9.68 Å². The van der Waals surface area contributed by atoms with Gasteiger partial charge in [-0.05, 0) is 18.3 Å². The van der Waals surface area contributed by atoms with Crippen molar-refractivity contribution < 1.29 is 9.68 Å². The van der Waals surface area contributed by atoms with Crippen LogP contribution in [0.15, 0.2) is 12.1 Å². The molecule has 1 aliphatic rings. The standard InChI is InChI=1S/C8H15BO2/c1-7(2)5-8-3-4-9(10)11-6-8/h3-4,7-8,10H,5-6H2,1-2H3. The zero-order valence-corrected chi connectivity index (χ0v) is 7.16. The second-order valence-corrected chi connectivity index (χ2v) is 3.50. The van der Waals surface area contributed by atoms with Crippen molar-refractivity contribution in [3.8, 4) is 0 Å². The number of rotatable bonds is 2. The smallest absolute Gasteiger partial charge is 0.423 e. The van der Waals surface area contributed by atoms with Gasteiger partial charge in [0.05, 0.1) is 0 Å². The summed E-state index contributed by atoms with van der Waals surface area (Å²) in [6.07, 6.45) is 3.19. The molecule has 0 radical (unpaired) electrons. The van der Waals surface area contributed by atoms with Crippen LogP contribution in [0.25, 0.3) is 0 Å². The van der Waals surface area contributed by atoms with Crippen LogP contribution < -0.4 is 0 Å². The SMILES string of the molecule is CC(C)CC1C=CB(O)OC1. The molecular formula is C8H15BO2. The lowest BCUT2D eigenvalue weighted by Gasteiger charge is -2.19. The molecule has 1 unspecified atom stereocenters. The molecule has 0 aliphatic carbocycles. The molecule has 0 amide bonds. The molecular weight excluding hydrogens is 139 g/mol. The first-order valence-electron chi connectivity index (χ1n) is 4.16. The summed E-state index contributed by atoms with van der Waals surface area (Å²) < 4.78 is 5.06. The van der Waals surface area contributed by atoms with E-state index in [2.05, 4.69) is 13.8 Å². The minimum absolute atomic E-state index is 0.499. The van der Waals surface area contributed by atoms with Gasteiger partial charge in [0.15, 0.2) is 0 Å². The average molecular weight is 154 g/mol. The lowest BCUT2D eigenvalue weighted by atomic mass is 9.83. The van der Waals surface area contributed by atoms with Crippen molar-refractivity contribution >= 4 is 7.12 Å². The molecule has 2 nitrogen and oxygen atoms in total. The molecule has 0 fully saturated rings. The molecule has 1 rings (SSSR count). The highest BCUT2D eigenvalue weighted by molar-refractivity contribution is 6.49. The van der Waals surface area contributed by atoms with Gasteiger partial charge in [-0.25, -0.2) is 0 Å². The summed E-state index contributed by atoms with van der Waals surface area (Å²) in [5, 5.41) is 8.95. The van der Waals surface area contributed by atoms with Crippen LogP contribution in [0, 0.1) is 11.8 Å². The topological polar surface area (TPSA) is 29.5 Å². The first-order chi connectivity index (χ1) is 5.18. The number of hydrogen-bond acceptors (Lipinski definition) is 2. The highest BCUT2D eigenvalue weighted by Crippen LogP contribution is 2.16. The fourth-order valence-electron chi connectivity index (χ4n) is 1.34. The first kappa shape index (κ1) is 8.82. The Morgan fingerprint density at radius 3 is 2.91 bits per heavy atom. The second-order valence-electron chi connectivity index (χ2n) is 3.50. The molecule has 1 aliphatic heterocycles. The van der Waals surface area contributed by atoms with Crippen molar-refractivity contribution in [2.45, 2.75) is 20.3 Å². The molecule has 0 aromatic rings. The molecule has 1 heterocycles. The predicted molar refractivity (Wildman–Crippen MR) is 46.0 cm³/mol. The van der Waals surface area contributed by atoms with Crippen molar-refractivity contribution in [2.24, 2.45) is 11.8 Å². The van der Waals surface area contributed by atoms with Gasteiger partial charge in [0.25, 0.3) is 0 Å². The molecule has 1 atom stereocenters. The Balaban J connectivity index is 2.32. The van der Waals surface area contributed by atoms with Gasteiger partial charge in [0.1, 0.15) is 0 Å². The maximum atomic E-state index is 8.95. The maximum Gasteiger partial charge on any atom is 0.483 e. The fraction of sp³-hybridized carbons (Fsp3) is 0.750. The lowest BCUT2D eigenvalue weighted by Crippen LogP contribution is -2.25. The summed E-state index contributed by atoms with van der Waals surface area (Å²) in [7, 11) is -0.668. The van der Waals surface area contributed by atoms with Crippen molar-refractivity contribution in [1.29, 1.82) is 0 Å². The molecule has 3 heteroatoms. The predicted octanol–water partition coefficient (Wildman–Crippen LogP) is 1.25. The Bertz CT molecular complexity index is 145. The van der Waals surface area contributed by atoms with Gasteiger partial charge in [-0.15, -0.1) is 0 Å². The molecule has 0 aromatic heterocycles. The largest absolute Gasteiger partial charge is 0.483 e. The molecule has 1 N–H and O–H groups in total. The van der Waals surface area contributed by atoms with Gasteiger partial charge in [0.2, 0.25) is 0 Å². The minimum Gasteiger partial charge on any atom is -0.423 e. The summed E-state index contributed by atoms with van der Waals surface area (Å²) in [5.74, 6) is 2.91. The van der Waals surface area contributed by atoms with E-state index >= 15 is 0 Å². The summed E-state index contributed by atoms with van der Waals surface area (Å²) in [5.41, 5.74) is 0. The molecule has 0 saturated carbocycles. The summed E-state index contributed by atoms with van der Waals surface area (Å²) in [4.78, 5) is 0. The zero-order valence-electron chi connectivity index (χ0n) is 7.16. The van der Waals surface area contributed by atoms with Gasteiger partial charge in [-0.1, -0.05) is 25.9 Å². The maximum absolute atomic E-state index is 8.95. The first-order valence-corrected chi connectivity index (χ1v) is 4.16. The fourth-order valence-corrected chi connectivity index (χ4v) is 1.34. The molecule has 0 spiro atoms. The van der Waals surface area contributed by atoms with E-state index in [0.717, 1.165) is 6.42 Å². The molecule has 0 bridgehead atoms. The van der Waals surface area contributed by atoms with Crippen LogP contribution in [0.2, 0.25) is 0 Å². The van der Waals surface area contributed by atoms with Crippen LogP contribution in [0.3, 0.4) is 0 Å². The summed E-state index contributed by atoms with van der Waals surface area (Å²) in [6, 6.07) is 0. The van der Waals surface area contributed by atoms with Crippen LogP contribution in [0.4, 0.5) is 0 Å². The monoisotopic (exact) mass is 154 g/mol. The molecule has 11 heavy (non-hydrogen) atoms. The van der Waals surface area contributed by atoms with E-state index in [1.165, 1.54) is 0 Å². The molecule has 0 saturated heterocycles. The van der Waals surface area contributed by atoms with Gasteiger partial charge in [-0.3, -0.25) is 0 Å². The summed E-state index contributed by atoms with van der Waals surface area (Å²) >= 11 is 0. The van der Waals surface area contributed by atoms with E-state index < -0.39 is 7.12 Å². The molecule has 62 valence electrons. The van der Waals surface area contributed by atoms with E-state index in [1.54, 1.807) is 5.98 Å². The van der Waals surface area contributed by atoms with Gasteiger partial charge in [0, 0.05) is 6.61 Å². The van der Waals surface area contributed by atoms with Crippen molar-refractivity contribution in [1.82, 2.24) is 0 Å². The van der Waals surface area contributed by atoms with E-state index in [0.29, 0.717) is 18.4 Å². The van der Waals surface area contributed by atoms with Gasteiger partial charge >= 0.3 is 7.12 Å². The lowest BCUT2D eigenvalue weighted by molar-refractivity contribution is 0.215. The van der Waals surface area contributed by atoms with E-state index in [9.17, 15) is 0 Å². The Morgan fingerprint density at radius 2 is 2.45 bits per heavy atom. The van der Waals surface area contributed by atoms with Crippen LogP contribution in [-0.2, 0) is 4.65 Å². The highest BCUT2D eigenvalue weighted by Gasteiger charge is 2.18. The zero-order chi connectivity index (χ0) is 8.27. The van der Waals surface area contributed by atoms with E-state index in [4.69, 9.17) is 9.68 Å². The summed E-state index contributed by atoms with van der Waals surface area (Å²) in [6.45, 7) is 5.05. The minimum atomic E-state index is -0.668. The van der Waals surface area contributed by atoms with Crippen molar-refractivity contribution in [3.05, 3.63) is 12.1 Å². The Morgan fingerprint density at radius 1 is 1.73 bits per heavy atom. The Kier molecular flexibility index (Phi) is 3.15. The molecule has 0 aromatic carbocycles. The highest BCUT2D eigenvalue weighted by atomic mass is 16.5. The third kappa shape index (κ3) is 3.08. The van der Waals surface area contributed by atoms with Crippen LogP contribution in [0.1, 0.15) is 20.3 Å². The Labute approximate surface area is 68.4 Å². The van der Waals surface area contributed by atoms with Crippen LogP contribution in [-0.4, -0.2) is 18.7 Å². The third-order valence-electron chi connectivity index (χ3n) is 1.80.